The van der Waals surface area contributed by atoms with Gasteiger partial charge in [0.1, 0.15) is 12.4 Å². The molecule has 0 unspecified atom stereocenters. The normalized spacial score (nSPS) is 10.2. The average molecular weight is 345 g/mol. The predicted octanol–water partition coefficient (Wildman–Crippen LogP) is 4.46. The van der Waals surface area contributed by atoms with Gasteiger partial charge in [0, 0.05) is 10.0 Å². The van der Waals surface area contributed by atoms with E-state index in [1.54, 1.807) is 36.4 Å². The Morgan fingerprint density at radius 2 is 1.67 bits per heavy atom. The van der Waals surface area contributed by atoms with Crippen LogP contribution in [0.15, 0.2) is 42.5 Å². The van der Waals surface area contributed by atoms with E-state index in [1.807, 2.05) is 0 Å². The maximum absolute atomic E-state index is 11.9. The SMILES string of the molecule is O=C(NCCOc1ccc(Cl)cc1)c1ccc(Cl)cc1Cl. The third-order valence-corrected chi connectivity index (χ3v) is 3.45. The number of hydrogen-bond donors (Lipinski definition) is 1. The first-order valence-corrected chi connectivity index (χ1v) is 7.31. The number of benzene rings is 2. The highest BCUT2D eigenvalue weighted by Gasteiger charge is 2.09. The number of rotatable bonds is 5. The minimum Gasteiger partial charge on any atom is -0.492 e. The number of carbonyl (C=O) groups excluding carboxylic acids is 1. The van der Waals surface area contributed by atoms with Crippen molar-refractivity contribution in [1.82, 2.24) is 5.32 Å². The minimum absolute atomic E-state index is 0.267. The zero-order valence-corrected chi connectivity index (χ0v) is 13.2. The molecule has 0 spiro atoms. The Morgan fingerprint density at radius 3 is 2.33 bits per heavy atom. The van der Waals surface area contributed by atoms with Gasteiger partial charge in [-0.1, -0.05) is 34.8 Å². The molecule has 2 aromatic rings. The van der Waals surface area contributed by atoms with Crippen LogP contribution in [0.25, 0.3) is 0 Å². The van der Waals surface area contributed by atoms with Gasteiger partial charge in [-0.15, -0.1) is 0 Å². The van der Waals surface area contributed by atoms with Crippen molar-refractivity contribution in [1.29, 1.82) is 0 Å². The van der Waals surface area contributed by atoms with Crippen LogP contribution in [0.3, 0.4) is 0 Å². The lowest BCUT2D eigenvalue weighted by atomic mass is 10.2. The Kier molecular flexibility index (Phi) is 5.74. The second kappa shape index (κ2) is 7.55. The third-order valence-electron chi connectivity index (χ3n) is 2.65. The van der Waals surface area contributed by atoms with Gasteiger partial charge in [0.15, 0.2) is 0 Å². The van der Waals surface area contributed by atoms with Gasteiger partial charge in [-0.05, 0) is 42.5 Å². The van der Waals surface area contributed by atoms with Gasteiger partial charge in [0.25, 0.3) is 5.91 Å². The number of carbonyl (C=O) groups is 1. The molecular weight excluding hydrogens is 333 g/mol. The van der Waals surface area contributed by atoms with E-state index in [9.17, 15) is 4.79 Å². The number of hydrogen-bond acceptors (Lipinski definition) is 2. The average Bonchev–Trinajstić information content (AvgIpc) is 2.45. The van der Waals surface area contributed by atoms with E-state index < -0.39 is 0 Å². The summed E-state index contributed by atoms with van der Waals surface area (Å²) >= 11 is 17.5. The minimum atomic E-state index is -0.267. The standard InChI is InChI=1S/C15H12Cl3NO2/c16-10-1-4-12(5-2-10)21-8-7-19-15(20)13-6-3-11(17)9-14(13)18/h1-6,9H,7-8H2,(H,19,20). The topological polar surface area (TPSA) is 38.3 Å². The maximum atomic E-state index is 11.9. The fraction of sp³-hybridized carbons (Fsp3) is 0.133. The summed E-state index contributed by atoms with van der Waals surface area (Å²) in [5.41, 5.74) is 0.382. The first kappa shape index (κ1) is 16.0. The second-order valence-corrected chi connectivity index (χ2v) is 5.46. The molecule has 0 aliphatic carbocycles. The summed E-state index contributed by atoms with van der Waals surface area (Å²) in [6, 6.07) is 11.7. The van der Waals surface area contributed by atoms with Crippen molar-refractivity contribution in [3.63, 3.8) is 0 Å². The second-order valence-electron chi connectivity index (χ2n) is 4.18. The molecule has 0 atom stereocenters. The fourth-order valence-corrected chi connectivity index (χ4v) is 2.25. The predicted molar refractivity (Wildman–Crippen MR) is 85.7 cm³/mol. The van der Waals surface area contributed by atoms with Crippen molar-refractivity contribution in [2.75, 3.05) is 13.2 Å². The van der Waals surface area contributed by atoms with Crippen molar-refractivity contribution < 1.29 is 9.53 Å². The van der Waals surface area contributed by atoms with Crippen LogP contribution >= 0.6 is 34.8 Å². The van der Waals surface area contributed by atoms with Crippen molar-refractivity contribution in [2.24, 2.45) is 0 Å². The van der Waals surface area contributed by atoms with Gasteiger partial charge in [0.2, 0.25) is 0 Å². The van der Waals surface area contributed by atoms with Gasteiger partial charge in [-0.25, -0.2) is 0 Å². The molecule has 0 saturated carbocycles. The van der Waals surface area contributed by atoms with Crippen molar-refractivity contribution in [3.05, 3.63) is 63.1 Å². The first-order chi connectivity index (χ1) is 10.1. The first-order valence-electron chi connectivity index (χ1n) is 6.18. The molecule has 0 saturated heterocycles. The molecule has 0 heterocycles. The van der Waals surface area contributed by atoms with Crippen LogP contribution in [0.1, 0.15) is 10.4 Å². The lowest BCUT2D eigenvalue weighted by Crippen LogP contribution is -2.28. The van der Waals surface area contributed by atoms with Crippen LogP contribution in [0, 0.1) is 0 Å². The van der Waals surface area contributed by atoms with Crippen LogP contribution in [-0.4, -0.2) is 19.1 Å². The molecule has 1 amide bonds. The summed E-state index contributed by atoms with van der Waals surface area (Å²) in [6.45, 7) is 0.707. The van der Waals surface area contributed by atoms with Gasteiger partial charge in [-0.3, -0.25) is 4.79 Å². The monoisotopic (exact) mass is 343 g/mol. The van der Waals surface area contributed by atoms with Crippen molar-refractivity contribution >= 4 is 40.7 Å². The van der Waals surface area contributed by atoms with E-state index in [4.69, 9.17) is 39.5 Å². The summed E-state index contributed by atoms with van der Waals surface area (Å²) in [7, 11) is 0. The molecule has 0 aliphatic rings. The van der Waals surface area contributed by atoms with Crippen LogP contribution in [0.4, 0.5) is 0 Å². The molecule has 21 heavy (non-hydrogen) atoms. The molecule has 0 fully saturated rings. The largest absolute Gasteiger partial charge is 0.492 e. The van der Waals surface area contributed by atoms with E-state index >= 15 is 0 Å². The molecule has 3 nitrogen and oxygen atoms in total. The zero-order chi connectivity index (χ0) is 15.2. The molecule has 6 heteroatoms. The molecule has 0 aliphatic heterocycles. The molecular formula is C15H12Cl3NO2. The number of nitrogens with one attached hydrogen (secondary N) is 1. The lowest BCUT2D eigenvalue weighted by molar-refractivity contribution is 0.0947. The van der Waals surface area contributed by atoms with Crippen molar-refractivity contribution in [3.8, 4) is 5.75 Å². The van der Waals surface area contributed by atoms with E-state index in [0.717, 1.165) is 0 Å². The van der Waals surface area contributed by atoms with Gasteiger partial charge >= 0.3 is 0 Å². The van der Waals surface area contributed by atoms with Crippen LogP contribution in [0.5, 0.6) is 5.75 Å². The summed E-state index contributed by atoms with van der Waals surface area (Å²) < 4.78 is 5.47. The summed E-state index contributed by atoms with van der Waals surface area (Å²) in [5.74, 6) is 0.426. The van der Waals surface area contributed by atoms with E-state index in [-0.39, 0.29) is 5.91 Å². The molecule has 2 rings (SSSR count). The maximum Gasteiger partial charge on any atom is 0.252 e. The van der Waals surface area contributed by atoms with Crippen molar-refractivity contribution in [2.45, 2.75) is 0 Å². The molecule has 1 N–H and O–H groups in total. The summed E-state index contributed by atoms with van der Waals surface area (Å²) in [5, 5.41) is 4.18. The summed E-state index contributed by atoms with van der Waals surface area (Å²) in [6.07, 6.45) is 0. The van der Waals surface area contributed by atoms with Crippen LogP contribution in [-0.2, 0) is 0 Å². The smallest absolute Gasteiger partial charge is 0.252 e. The Balaban J connectivity index is 1.80. The Hall–Kier alpha value is -1.42. The highest BCUT2D eigenvalue weighted by Crippen LogP contribution is 2.20. The molecule has 110 valence electrons. The van der Waals surface area contributed by atoms with Gasteiger partial charge in [-0.2, -0.15) is 0 Å². The fourth-order valence-electron chi connectivity index (χ4n) is 1.63. The molecule has 0 aromatic heterocycles. The third kappa shape index (κ3) is 4.81. The highest BCUT2D eigenvalue weighted by atomic mass is 35.5. The van der Waals surface area contributed by atoms with E-state index in [2.05, 4.69) is 5.32 Å². The van der Waals surface area contributed by atoms with E-state index in [0.29, 0.717) is 39.5 Å². The van der Waals surface area contributed by atoms with E-state index in [1.165, 1.54) is 6.07 Å². The Morgan fingerprint density at radius 1 is 1.00 bits per heavy atom. The lowest BCUT2D eigenvalue weighted by Gasteiger charge is -2.09. The molecule has 0 bridgehead atoms. The van der Waals surface area contributed by atoms with Crippen LogP contribution < -0.4 is 10.1 Å². The van der Waals surface area contributed by atoms with Gasteiger partial charge < -0.3 is 10.1 Å². The zero-order valence-electron chi connectivity index (χ0n) is 10.9. The van der Waals surface area contributed by atoms with Gasteiger partial charge in [0.05, 0.1) is 17.1 Å². The molecule has 2 aromatic carbocycles. The highest BCUT2D eigenvalue weighted by molar-refractivity contribution is 6.36. The number of halogens is 3. The Bertz CT molecular complexity index is 629. The number of ether oxygens (including phenoxy) is 1. The quantitative estimate of drug-likeness (QED) is 0.814. The summed E-state index contributed by atoms with van der Waals surface area (Å²) in [4.78, 5) is 11.9. The Labute approximate surface area is 137 Å². The molecule has 0 radical (unpaired) electrons. The number of amides is 1. The van der Waals surface area contributed by atoms with Crippen LogP contribution in [0.2, 0.25) is 15.1 Å².